The fourth-order valence-electron chi connectivity index (χ4n) is 1.96. The van der Waals surface area contributed by atoms with Gasteiger partial charge in [-0.1, -0.05) is 37.6 Å². The lowest BCUT2D eigenvalue weighted by Crippen LogP contribution is -2.42. The van der Waals surface area contributed by atoms with Gasteiger partial charge in [-0.25, -0.2) is 0 Å². The molecule has 1 N–H and O–H groups in total. The number of rotatable bonds is 6. The second kappa shape index (κ2) is 7.39. The normalized spacial score (nSPS) is 12.5. The first-order chi connectivity index (χ1) is 8.60. The van der Waals surface area contributed by atoms with Gasteiger partial charge < -0.3 is 5.32 Å². The van der Waals surface area contributed by atoms with Gasteiger partial charge in [0.15, 0.2) is 0 Å². The van der Waals surface area contributed by atoms with Crippen LogP contribution in [0.3, 0.4) is 0 Å². The van der Waals surface area contributed by atoms with Crippen molar-refractivity contribution in [3.05, 3.63) is 34.9 Å². The Balaban J connectivity index is 2.54. The Morgan fingerprint density at radius 3 is 2.50 bits per heavy atom. The highest BCUT2D eigenvalue weighted by Crippen LogP contribution is 2.14. The van der Waals surface area contributed by atoms with E-state index in [9.17, 15) is 4.79 Å². The number of hydrogen-bond acceptors (Lipinski definition) is 2. The fourth-order valence-corrected chi connectivity index (χ4v) is 2.18. The number of nitrogens with zero attached hydrogens (tertiary/aromatic N) is 1. The Morgan fingerprint density at radius 2 is 1.94 bits per heavy atom. The van der Waals surface area contributed by atoms with Crippen LogP contribution in [-0.2, 0) is 0 Å². The first-order valence-electron chi connectivity index (χ1n) is 6.36. The molecule has 100 valence electrons. The number of hydrogen-bond donors (Lipinski definition) is 1. The molecule has 0 spiro atoms. The van der Waals surface area contributed by atoms with Crippen molar-refractivity contribution in [2.75, 3.05) is 19.6 Å². The smallest absolute Gasteiger partial charge is 0.252 e. The molecule has 0 saturated heterocycles. The van der Waals surface area contributed by atoms with E-state index in [1.807, 2.05) is 12.1 Å². The molecule has 0 aromatic heterocycles. The van der Waals surface area contributed by atoms with Gasteiger partial charge in [-0.3, -0.25) is 9.69 Å². The quantitative estimate of drug-likeness (QED) is 0.861. The Hall–Kier alpha value is -1.06. The van der Waals surface area contributed by atoms with Gasteiger partial charge in [0.1, 0.15) is 0 Å². The lowest BCUT2D eigenvalue weighted by Gasteiger charge is -2.26. The number of halogens is 1. The summed E-state index contributed by atoms with van der Waals surface area (Å²) in [5.74, 6) is -0.111. The second-order valence-corrected chi connectivity index (χ2v) is 4.67. The van der Waals surface area contributed by atoms with Gasteiger partial charge in [0.2, 0.25) is 0 Å². The molecule has 0 saturated carbocycles. The topological polar surface area (TPSA) is 32.3 Å². The van der Waals surface area contributed by atoms with Crippen LogP contribution >= 0.6 is 11.6 Å². The molecule has 18 heavy (non-hydrogen) atoms. The van der Waals surface area contributed by atoms with E-state index >= 15 is 0 Å². The largest absolute Gasteiger partial charge is 0.350 e. The van der Waals surface area contributed by atoms with Crippen LogP contribution in [0.5, 0.6) is 0 Å². The van der Waals surface area contributed by atoms with E-state index < -0.39 is 0 Å². The van der Waals surface area contributed by atoms with Gasteiger partial charge in [0, 0.05) is 12.6 Å². The van der Waals surface area contributed by atoms with Crippen LogP contribution in [0.2, 0.25) is 5.02 Å². The number of amides is 1. The molecule has 0 fully saturated rings. The Labute approximate surface area is 114 Å². The highest BCUT2D eigenvalue weighted by atomic mass is 35.5. The van der Waals surface area contributed by atoms with Gasteiger partial charge >= 0.3 is 0 Å². The number of carbonyl (C=O) groups excluding carboxylic acids is 1. The summed E-state index contributed by atoms with van der Waals surface area (Å²) in [5, 5.41) is 3.41. The molecule has 3 nitrogen and oxygen atoms in total. The Kier molecular flexibility index (Phi) is 6.16. The summed E-state index contributed by atoms with van der Waals surface area (Å²) in [7, 11) is 0. The summed E-state index contributed by atoms with van der Waals surface area (Å²) in [6, 6.07) is 7.42. The van der Waals surface area contributed by atoms with E-state index in [0.717, 1.165) is 13.1 Å². The first kappa shape index (κ1) is 15.0. The lowest BCUT2D eigenvalue weighted by atomic mass is 10.2. The van der Waals surface area contributed by atoms with Crippen LogP contribution in [0.1, 0.15) is 31.1 Å². The van der Waals surface area contributed by atoms with E-state index in [0.29, 0.717) is 23.2 Å². The number of nitrogens with one attached hydrogen (secondary N) is 1. The third kappa shape index (κ3) is 4.00. The third-order valence-electron chi connectivity index (χ3n) is 3.11. The average molecular weight is 269 g/mol. The highest BCUT2D eigenvalue weighted by Gasteiger charge is 2.13. The van der Waals surface area contributed by atoms with E-state index in [4.69, 9.17) is 11.6 Å². The van der Waals surface area contributed by atoms with Crippen LogP contribution < -0.4 is 5.32 Å². The van der Waals surface area contributed by atoms with Crippen LogP contribution in [0.15, 0.2) is 24.3 Å². The molecule has 0 radical (unpaired) electrons. The van der Waals surface area contributed by atoms with Crippen molar-refractivity contribution in [3.8, 4) is 0 Å². The zero-order valence-electron chi connectivity index (χ0n) is 11.2. The molecular formula is C14H21ClN2O. The molecule has 0 bridgehead atoms. The molecule has 0 aliphatic carbocycles. The second-order valence-electron chi connectivity index (χ2n) is 4.26. The monoisotopic (exact) mass is 268 g/mol. The summed E-state index contributed by atoms with van der Waals surface area (Å²) in [6.07, 6.45) is 0. The predicted molar refractivity (Wildman–Crippen MR) is 76.2 cm³/mol. The van der Waals surface area contributed by atoms with Crippen molar-refractivity contribution < 1.29 is 4.79 Å². The summed E-state index contributed by atoms with van der Waals surface area (Å²) >= 11 is 5.98. The van der Waals surface area contributed by atoms with Crippen molar-refractivity contribution in [1.29, 1.82) is 0 Å². The summed E-state index contributed by atoms with van der Waals surface area (Å²) < 4.78 is 0. The van der Waals surface area contributed by atoms with Gasteiger partial charge in [-0.2, -0.15) is 0 Å². The minimum Gasteiger partial charge on any atom is -0.350 e. The van der Waals surface area contributed by atoms with Crippen molar-refractivity contribution in [2.45, 2.75) is 26.8 Å². The molecule has 0 aliphatic rings. The maximum atomic E-state index is 12.0. The molecule has 1 unspecified atom stereocenters. The number of carbonyl (C=O) groups is 1. The fraction of sp³-hybridized carbons (Fsp3) is 0.500. The standard InChI is InChI=1S/C14H21ClN2O/c1-4-17(5-2)11(3)10-16-14(18)12-8-6-7-9-13(12)15/h6-9,11H,4-5,10H2,1-3H3,(H,16,18). The van der Waals surface area contributed by atoms with Crippen LogP contribution in [0.4, 0.5) is 0 Å². The van der Waals surface area contributed by atoms with Crippen molar-refractivity contribution in [2.24, 2.45) is 0 Å². The molecular weight excluding hydrogens is 248 g/mol. The molecule has 1 rings (SSSR count). The maximum absolute atomic E-state index is 12.0. The van der Waals surface area contributed by atoms with E-state index in [-0.39, 0.29) is 5.91 Å². The van der Waals surface area contributed by atoms with E-state index in [1.165, 1.54) is 0 Å². The van der Waals surface area contributed by atoms with Crippen molar-refractivity contribution in [1.82, 2.24) is 10.2 Å². The van der Waals surface area contributed by atoms with Crippen molar-refractivity contribution in [3.63, 3.8) is 0 Å². The SMILES string of the molecule is CCN(CC)C(C)CNC(=O)c1ccccc1Cl. The summed E-state index contributed by atoms with van der Waals surface area (Å²) in [5.41, 5.74) is 0.533. The Morgan fingerprint density at radius 1 is 1.33 bits per heavy atom. The minimum atomic E-state index is -0.111. The summed E-state index contributed by atoms with van der Waals surface area (Å²) in [6.45, 7) is 8.96. The molecule has 1 aromatic carbocycles. The van der Waals surface area contributed by atoms with E-state index in [2.05, 4.69) is 31.0 Å². The number of likely N-dealkylation sites (N-methyl/N-ethyl adjacent to an activating group) is 1. The minimum absolute atomic E-state index is 0.111. The molecule has 0 heterocycles. The maximum Gasteiger partial charge on any atom is 0.252 e. The third-order valence-corrected chi connectivity index (χ3v) is 3.44. The van der Waals surface area contributed by atoms with Crippen LogP contribution in [-0.4, -0.2) is 36.5 Å². The average Bonchev–Trinajstić information content (AvgIpc) is 2.38. The molecule has 1 atom stereocenters. The summed E-state index contributed by atoms with van der Waals surface area (Å²) in [4.78, 5) is 14.3. The zero-order valence-corrected chi connectivity index (χ0v) is 12.0. The Bertz CT molecular complexity index is 391. The van der Waals surface area contributed by atoms with Gasteiger partial charge in [0.05, 0.1) is 10.6 Å². The molecule has 1 aromatic rings. The highest BCUT2D eigenvalue weighted by molar-refractivity contribution is 6.33. The van der Waals surface area contributed by atoms with E-state index in [1.54, 1.807) is 12.1 Å². The lowest BCUT2D eigenvalue weighted by molar-refractivity contribution is 0.0938. The zero-order chi connectivity index (χ0) is 13.5. The van der Waals surface area contributed by atoms with Crippen LogP contribution in [0.25, 0.3) is 0 Å². The van der Waals surface area contributed by atoms with Crippen molar-refractivity contribution >= 4 is 17.5 Å². The first-order valence-corrected chi connectivity index (χ1v) is 6.74. The number of benzene rings is 1. The molecule has 1 amide bonds. The van der Waals surface area contributed by atoms with Crippen LogP contribution in [0, 0.1) is 0 Å². The van der Waals surface area contributed by atoms with Gasteiger partial charge in [-0.05, 0) is 32.1 Å². The molecule has 4 heteroatoms. The predicted octanol–water partition coefficient (Wildman–Crippen LogP) is 2.80. The molecule has 0 aliphatic heterocycles. The van der Waals surface area contributed by atoms with Gasteiger partial charge in [-0.15, -0.1) is 0 Å². The van der Waals surface area contributed by atoms with Gasteiger partial charge in [0.25, 0.3) is 5.91 Å².